The topological polar surface area (TPSA) is 38.3 Å². The van der Waals surface area contributed by atoms with Crippen LogP contribution in [-0.2, 0) is 11.3 Å². The Morgan fingerprint density at radius 2 is 1.72 bits per heavy atom. The Morgan fingerprint density at radius 1 is 1.00 bits per heavy atom. The second-order valence-corrected chi connectivity index (χ2v) is 6.18. The highest BCUT2D eigenvalue weighted by molar-refractivity contribution is 5.84. The second-order valence-electron chi connectivity index (χ2n) is 6.18. The number of benzene rings is 3. The minimum Gasteiger partial charge on any atom is -0.480 e. The van der Waals surface area contributed by atoms with Gasteiger partial charge in [0.05, 0.1) is 0 Å². The quantitative estimate of drug-likeness (QED) is 0.715. The summed E-state index contributed by atoms with van der Waals surface area (Å²) in [6, 6.07) is 22.2. The predicted octanol–water partition coefficient (Wildman–Crippen LogP) is 4.62. The zero-order valence-corrected chi connectivity index (χ0v) is 14.7. The van der Waals surface area contributed by atoms with E-state index in [2.05, 4.69) is 29.6 Å². The summed E-state index contributed by atoms with van der Waals surface area (Å²) < 4.78 is 5.90. The van der Waals surface area contributed by atoms with Gasteiger partial charge in [0.15, 0.2) is 6.10 Å². The third-order valence-corrected chi connectivity index (χ3v) is 4.31. The lowest BCUT2D eigenvalue weighted by Crippen LogP contribution is -2.37. The molecule has 0 aromatic heterocycles. The molecule has 0 spiro atoms. The van der Waals surface area contributed by atoms with Crippen molar-refractivity contribution in [1.29, 1.82) is 0 Å². The summed E-state index contributed by atoms with van der Waals surface area (Å²) in [5.74, 6) is 0.675. The number of hydrogen-bond donors (Lipinski definition) is 1. The lowest BCUT2D eigenvalue weighted by Gasteiger charge is -2.18. The van der Waals surface area contributed by atoms with Crippen LogP contribution in [0.2, 0.25) is 0 Å². The van der Waals surface area contributed by atoms with Crippen LogP contribution in [0.25, 0.3) is 10.8 Å². The van der Waals surface area contributed by atoms with E-state index < -0.39 is 6.10 Å². The molecule has 1 unspecified atom stereocenters. The maximum atomic E-state index is 12.5. The summed E-state index contributed by atoms with van der Waals surface area (Å²) in [5.41, 5.74) is 2.11. The highest BCUT2D eigenvalue weighted by atomic mass is 16.5. The first kappa shape index (κ1) is 17.0. The first-order valence-corrected chi connectivity index (χ1v) is 8.65. The van der Waals surface area contributed by atoms with Gasteiger partial charge in [-0.3, -0.25) is 4.79 Å². The lowest BCUT2D eigenvalue weighted by molar-refractivity contribution is -0.128. The maximum absolute atomic E-state index is 12.5. The zero-order chi connectivity index (χ0) is 17.6. The van der Waals surface area contributed by atoms with Gasteiger partial charge in [0.1, 0.15) is 5.75 Å². The van der Waals surface area contributed by atoms with Crippen LogP contribution in [0.15, 0.2) is 66.7 Å². The molecule has 25 heavy (non-hydrogen) atoms. The van der Waals surface area contributed by atoms with Crippen molar-refractivity contribution >= 4 is 16.7 Å². The van der Waals surface area contributed by atoms with Crippen LogP contribution in [0.4, 0.5) is 0 Å². The molecule has 0 saturated carbocycles. The van der Waals surface area contributed by atoms with E-state index in [9.17, 15) is 4.79 Å². The summed E-state index contributed by atoms with van der Waals surface area (Å²) in [6.07, 6.45) is 0.138. The number of nitrogens with one attached hydrogen (secondary N) is 1. The maximum Gasteiger partial charge on any atom is 0.261 e. The van der Waals surface area contributed by atoms with Gasteiger partial charge in [0.25, 0.3) is 5.91 Å². The summed E-state index contributed by atoms with van der Waals surface area (Å²) >= 11 is 0. The molecule has 128 valence electrons. The minimum atomic E-state index is -0.485. The molecular formula is C22H23NO2. The molecule has 0 aliphatic rings. The van der Waals surface area contributed by atoms with Crippen molar-refractivity contribution in [3.63, 3.8) is 0 Å². The summed E-state index contributed by atoms with van der Waals surface area (Å²) in [7, 11) is 0. The van der Waals surface area contributed by atoms with E-state index in [0.29, 0.717) is 13.0 Å². The van der Waals surface area contributed by atoms with E-state index in [-0.39, 0.29) is 5.91 Å². The number of hydrogen-bond acceptors (Lipinski definition) is 2. The van der Waals surface area contributed by atoms with E-state index in [0.717, 1.165) is 16.9 Å². The second kappa shape index (κ2) is 7.84. The molecule has 3 heteroatoms. The number of carbonyl (C=O) groups excluding carboxylic acids is 1. The van der Waals surface area contributed by atoms with Crippen molar-refractivity contribution in [2.75, 3.05) is 0 Å². The molecule has 3 rings (SSSR count). The fourth-order valence-electron chi connectivity index (χ4n) is 2.82. The molecule has 1 atom stereocenters. The number of para-hydroxylation sites is 1. The van der Waals surface area contributed by atoms with Crippen molar-refractivity contribution in [3.05, 3.63) is 77.9 Å². The molecule has 0 fully saturated rings. The van der Waals surface area contributed by atoms with Crippen LogP contribution < -0.4 is 10.1 Å². The van der Waals surface area contributed by atoms with Gasteiger partial charge in [-0.2, -0.15) is 0 Å². The third-order valence-electron chi connectivity index (χ3n) is 4.31. The van der Waals surface area contributed by atoms with Crippen molar-refractivity contribution in [2.45, 2.75) is 32.9 Å². The van der Waals surface area contributed by atoms with Gasteiger partial charge in [-0.05, 0) is 47.4 Å². The Hall–Kier alpha value is -2.81. The zero-order valence-electron chi connectivity index (χ0n) is 14.7. The fourth-order valence-corrected chi connectivity index (χ4v) is 2.82. The van der Waals surface area contributed by atoms with Crippen molar-refractivity contribution < 1.29 is 9.53 Å². The molecule has 3 aromatic rings. The molecule has 0 saturated heterocycles. The number of ether oxygens (including phenoxy) is 1. The molecule has 0 aliphatic carbocycles. The molecule has 1 N–H and O–H groups in total. The van der Waals surface area contributed by atoms with Gasteiger partial charge in [0.2, 0.25) is 0 Å². The van der Waals surface area contributed by atoms with Crippen molar-refractivity contribution in [1.82, 2.24) is 5.32 Å². The number of amides is 1. The van der Waals surface area contributed by atoms with E-state index in [1.807, 2.05) is 56.3 Å². The standard InChI is InChI=1S/C22H23NO2/c1-3-20(25-21-11-7-4-8-16(21)2)22(24)23-15-17-12-13-18-9-5-6-10-19(18)14-17/h4-14,20H,3,15H2,1-2H3,(H,23,24). The highest BCUT2D eigenvalue weighted by Gasteiger charge is 2.18. The average Bonchev–Trinajstić information content (AvgIpc) is 2.65. The lowest BCUT2D eigenvalue weighted by atomic mass is 10.1. The van der Waals surface area contributed by atoms with Gasteiger partial charge in [-0.1, -0.05) is 61.5 Å². The molecule has 1 amide bonds. The summed E-state index contributed by atoms with van der Waals surface area (Å²) in [6.45, 7) is 4.44. The van der Waals surface area contributed by atoms with Crippen LogP contribution in [0.5, 0.6) is 5.75 Å². The Labute approximate surface area is 148 Å². The molecule has 0 aliphatic heterocycles. The SMILES string of the molecule is CCC(Oc1ccccc1C)C(=O)NCc1ccc2ccccc2c1. The van der Waals surface area contributed by atoms with Crippen LogP contribution in [0, 0.1) is 6.92 Å². The van der Waals surface area contributed by atoms with Crippen LogP contribution in [0.1, 0.15) is 24.5 Å². The van der Waals surface area contributed by atoms with E-state index >= 15 is 0 Å². The van der Waals surface area contributed by atoms with E-state index in [1.54, 1.807) is 0 Å². The fraction of sp³-hybridized carbons (Fsp3) is 0.227. The van der Waals surface area contributed by atoms with Gasteiger partial charge in [-0.25, -0.2) is 0 Å². The van der Waals surface area contributed by atoms with Gasteiger partial charge < -0.3 is 10.1 Å². The van der Waals surface area contributed by atoms with E-state index in [4.69, 9.17) is 4.74 Å². The molecule has 3 nitrogen and oxygen atoms in total. The predicted molar refractivity (Wildman–Crippen MR) is 102 cm³/mol. The van der Waals surface area contributed by atoms with Crippen molar-refractivity contribution in [2.24, 2.45) is 0 Å². The molecule has 3 aromatic carbocycles. The third kappa shape index (κ3) is 4.18. The number of aryl methyl sites for hydroxylation is 1. The normalized spacial score (nSPS) is 11.9. The van der Waals surface area contributed by atoms with Crippen LogP contribution in [-0.4, -0.2) is 12.0 Å². The average molecular weight is 333 g/mol. The Bertz CT molecular complexity index is 873. The number of carbonyl (C=O) groups is 1. The van der Waals surface area contributed by atoms with Gasteiger partial charge in [-0.15, -0.1) is 0 Å². The Kier molecular flexibility index (Phi) is 5.34. The number of rotatable bonds is 6. The van der Waals surface area contributed by atoms with E-state index in [1.165, 1.54) is 10.8 Å². The Morgan fingerprint density at radius 3 is 2.48 bits per heavy atom. The minimum absolute atomic E-state index is 0.0843. The monoisotopic (exact) mass is 333 g/mol. The largest absolute Gasteiger partial charge is 0.480 e. The first-order chi connectivity index (χ1) is 12.2. The molecule has 0 bridgehead atoms. The highest BCUT2D eigenvalue weighted by Crippen LogP contribution is 2.19. The Balaban J connectivity index is 1.64. The molecular weight excluding hydrogens is 310 g/mol. The molecule has 0 radical (unpaired) electrons. The van der Waals surface area contributed by atoms with Crippen LogP contribution >= 0.6 is 0 Å². The van der Waals surface area contributed by atoms with Crippen molar-refractivity contribution in [3.8, 4) is 5.75 Å². The van der Waals surface area contributed by atoms with Gasteiger partial charge >= 0.3 is 0 Å². The summed E-state index contributed by atoms with van der Waals surface area (Å²) in [4.78, 5) is 12.5. The van der Waals surface area contributed by atoms with Gasteiger partial charge in [0, 0.05) is 6.54 Å². The first-order valence-electron chi connectivity index (χ1n) is 8.65. The molecule has 0 heterocycles. The number of fused-ring (bicyclic) bond motifs is 1. The summed E-state index contributed by atoms with van der Waals surface area (Å²) in [5, 5.41) is 5.37. The smallest absolute Gasteiger partial charge is 0.261 e. The van der Waals surface area contributed by atoms with Crippen LogP contribution in [0.3, 0.4) is 0 Å².